The summed E-state index contributed by atoms with van der Waals surface area (Å²) in [4.78, 5) is 14.7. The van der Waals surface area contributed by atoms with Crippen LogP contribution in [0.4, 0.5) is 23.8 Å². The molecule has 0 atom stereocenters. The molecule has 0 aromatic carbocycles. The lowest BCUT2D eigenvalue weighted by Crippen LogP contribution is -2.34. The zero-order valence-electron chi connectivity index (χ0n) is 10.0. The second-order valence-electron chi connectivity index (χ2n) is 3.36. The maximum absolute atomic E-state index is 12.6. The third-order valence-corrected chi connectivity index (χ3v) is 2.25. The Bertz CT molecular complexity index is 525. The van der Waals surface area contributed by atoms with Crippen molar-refractivity contribution in [3.05, 3.63) is 22.8 Å². The maximum Gasteiger partial charge on any atom is 0.416 e. The molecule has 1 aromatic rings. The van der Waals surface area contributed by atoms with Gasteiger partial charge >= 0.3 is 12.3 Å². The number of nitrogens with zero attached hydrogens (tertiary/aromatic N) is 1. The normalized spacial score (nSPS) is 10.8. The van der Waals surface area contributed by atoms with Crippen LogP contribution in [-0.2, 0) is 10.9 Å². The van der Waals surface area contributed by atoms with E-state index < -0.39 is 17.8 Å². The Morgan fingerprint density at radius 3 is 2.70 bits per heavy atom. The molecular formula is C10H9ClF3N3O2S. The number of hydrogen-bond acceptors (Lipinski definition) is 4. The van der Waals surface area contributed by atoms with Gasteiger partial charge in [0.1, 0.15) is 11.0 Å². The molecule has 0 aliphatic carbocycles. The van der Waals surface area contributed by atoms with Crippen molar-refractivity contribution in [2.45, 2.75) is 13.1 Å². The average molecular weight is 328 g/mol. The lowest BCUT2D eigenvalue weighted by atomic mass is 10.2. The lowest BCUT2D eigenvalue weighted by molar-refractivity contribution is -0.137. The van der Waals surface area contributed by atoms with Gasteiger partial charge in [0.05, 0.1) is 12.2 Å². The summed E-state index contributed by atoms with van der Waals surface area (Å²) in [6.07, 6.45) is -5.40. The number of amides is 1. The van der Waals surface area contributed by atoms with E-state index in [0.29, 0.717) is 12.1 Å². The summed E-state index contributed by atoms with van der Waals surface area (Å²) in [5, 5.41) is 3.79. The molecular weight excluding hydrogens is 319 g/mol. The molecule has 0 unspecified atom stereocenters. The fraction of sp³-hybridized carbons (Fsp3) is 0.300. The molecule has 1 heterocycles. The zero-order valence-corrected chi connectivity index (χ0v) is 11.6. The Morgan fingerprint density at radius 2 is 2.15 bits per heavy atom. The Kier molecular flexibility index (Phi) is 5.52. The molecule has 2 N–H and O–H groups in total. The summed E-state index contributed by atoms with van der Waals surface area (Å²) in [6, 6.07) is 1.39. The van der Waals surface area contributed by atoms with Crippen LogP contribution in [0.3, 0.4) is 0 Å². The fourth-order valence-electron chi connectivity index (χ4n) is 1.13. The van der Waals surface area contributed by atoms with Gasteiger partial charge in [0, 0.05) is 0 Å². The predicted molar refractivity (Wildman–Crippen MR) is 70.6 cm³/mol. The van der Waals surface area contributed by atoms with Gasteiger partial charge in [-0.3, -0.25) is 5.32 Å². The van der Waals surface area contributed by atoms with Crippen LogP contribution < -0.4 is 10.6 Å². The van der Waals surface area contributed by atoms with E-state index in [9.17, 15) is 18.0 Å². The number of anilines is 1. The Hall–Kier alpha value is -1.61. The molecule has 0 bridgehead atoms. The van der Waals surface area contributed by atoms with Gasteiger partial charge < -0.3 is 10.1 Å². The van der Waals surface area contributed by atoms with Crippen molar-refractivity contribution in [1.29, 1.82) is 0 Å². The van der Waals surface area contributed by atoms with Gasteiger partial charge in [0.2, 0.25) is 0 Å². The van der Waals surface area contributed by atoms with Crippen LogP contribution in [-0.4, -0.2) is 22.8 Å². The Morgan fingerprint density at radius 1 is 1.50 bits per heavy atom. The van der Waals surface area contributed by atoms with E-state index in [1.807, 2.05) is 0 Å². The maximum atomic E-state index is 12.6. The molecule has 0 fully saturated rings. The molecule has 0 aliphatic heterocycles. The second kappa shape index (κ2) is 6.71. The number of carbonyl (C=O) groups excluding carboxylic acids is 1. The van der Waals surface area contributed by atoms with E-state index in [2.05, 4.69) is 20.4 Å². The summed E-state index contributed by atoms with van der Waals surface area (Å²) in [5.41, 5.74) is -0.987. The standard InChI is InChI=1S/C10H9ClF3N3O2S/c1-2-19-9(18)17-8(20)16-7-4-5(10(12,13)14)3-6(11)15-7/h3-4H,2H2,1H3,(H2,15,16,17,18,20). The van der Waals surface area contributed by atoms with Crippen molar-refractivity contribution in [1.82, 2.24) is 10.3 Å². The molecule has 110 valence electrons. The third kappa shape index (κ3) is 5.17. The second-order valence-corrected chi connectivity index (χ2v) is 4.16. The van der Waals surface area contributed by atoms with E-state index >= 15 is 0 Å². The average Bonchev–Trinajstić information content (AvgIpc) is 2.26. The largest absolute Gasteiger partial charge is 0.450 e. The Balaban J connectivity index is 2.80. The number of alkyl carbamates (subject to hydrolysis) is 1. The molecule has 20 heavy (non-hydrogen) atoms. The molecule has 0 spiro atoms. The molecule has 0 aliphatic rings. The highest BCUT2D eigenvalue weighted by molar-refractivity contribution is 7.80. The fourth-order valence-corrected chi connectivity index (χ4v) is 1.53. The van der Waals surface area contributed by atoms with Gasteiger partial charge in [-0.1, -0.05) is 11.6 Å². The molecule has 1 amide bonds. The number of rotatable bonds is 2. The van der Waals surface area contributed by atoms with Crippen LogP contribution in [0.1, 0.15) is 12.5 Å². The zero-order chi connectivity index (χ0) is 15.3. The van der Waals surface area contributed by atoms with Gasteiger partial charge in [-0.05, 0) is 31.3 Å². The van der Waals surface area contributed by atoms with Gasteiger partial charge in [-0.25, -0.2) is 9.78 Å². The van der Waals surface area contributed by atoms with Crippen molar-refractivity contribution in [3.63, 3.8) is 0 Å². The number of alkyl halides is 3. The summed E-state index contributed by atoms with van der Waals surface area (Å²) in [6.45, 7) is 1.71. The minimum Gasteiger partial charge on any atom is -0.450 e. The minimum atomic E-state index is -4.57. The monoisotopic (exact) mass is 327 g/mol. The highest BCUT2D eigenvalue weighted by atomic mass is 35.5. The topological polar surface area (TPSA) is 63.2 Å². The number of halogens is 4. The van der Waals surface area contributed by atoms with Crippen LogP contribution in [0.2, 0.25) is 5.15 Å². The van der Waals surface area contributed by atoms with Crippen LogP contribution in [0.15, 0.2) is 12.1 Å². The molecule has 1 rings (SSSR count). The van der Waals surface area contributed by atoms with Gasteiger partial charge in [0.25, 0.3) is 0 Å². The lowest BCUT2D eigenvalue weighted by Gasteiger charge is -2.11. The van der Waals surface area contributed by atoms with Crippen molar-refractivity contribution in [2.24, 2.45) is 0 Å². The number of aromatic nitrogens is 1. The smallest absolute Gasteiger partial charge is 0.416 e. The van der Waals surface area contributed by atoms with Crippen molar-refractivity contribution < 1.29 is 22.7 Å². The molecule has 0 saturated heterocycles. The van der Waals surface area contributed by atoms with E-state index in [4.69, 9.17) is 23.8 Å². The van der Waals surface area contributed by atoms with E-state index in [1.165, 1.54) is 0 Å². The SMILES string of the molecule is CCOC(=O)NC(=S)Nc1cc(C(F)(F)F)cc(Cl)n1. The highest BCUT2D eigenvalue weighted by Crippen LogP contribution is 2.31. The number of carbonyl (C=O) groups is 1. The van der Waals surface area contributed by atoms with E-state index in [-0.39, 0.29) is 22.7 Å². The third-order valence-electron chi connectivity index (χ3n) is 1.85. The summed E-state index contributed by atoms with van der Waals surface area (Å²) < 4.78 is 42.2. The van der Waals surface area contributed by atoms with Crippen LogP contribution >= 0.6 is 23.8 Å². The van der Waals surface area contributed by atoms with Crippen molar-refractivity contribution in [3.8, 4) is 0 Å². The van der Waals surface area contributed by atoms with Crippen molar-refractivity contribution >= 4 is 40.8 Å². The first kappa shape index (κ1) is 16.4. The van der Waals surface area contributed by atoms with Crippen molar-refractivity contribution in [2.75, 3.05) is 11.9 Å². The summed E-state index contributed by atoms with van der Waals surface area (Å²) >= 11 is 10.2. The first-order valence-electron chi connectivity index (χ1n) is 5.22. The van der Waals surface area contributed by atoms with E-state index in [1.54, 1.807) is 6.92 Å². The Labute approximate surface area is 122 Å². The highest BCUT2D eigenvalue weighted by Gasteiger charge is 2.31. The van der Waals surface area contributed by atoms with Gasteiger partial charge in [-0.15, -0.1) is 0 Å². The van der Waals surface area contributed by atoms with Gasteiger partial charge in [-0.2, -0.15) is 13.2 Å². The van der Waals surface area contributed by atoms with Gasteiger partial charge in [0.15, 0.2) is 5.11 Å². The number of ether oxygens (including phenoxy) is 1. The van der Waals surface area contributed by atoms with Crippen LogP contribution in [0.5, 0.6) is 0 Å². The van der Waals surface area contributed by atoms with E-state index in [0.717, 1.165) is 0 Å². The number of hydrogen-bond donors (Lipinski definition) is 2. The molecule has 1 aromatic heterocycles. The molecule has 0 saturated carbocycles. The number of thiocarbonyl (C=S) groups is 1. The summed E-state index contributed by atoms with van der Waals surface area (Å²) in [5.74, 6) is -0.244. The molecule has 10 heteroatoms. The number of nitrogens with one attached hydrogen (secondary N) is 2. The predicted octanol–water partition coefficient (Wildman–Crippen LogP) is 3.20. The minimum absolute atomic E-state index is 0.127. The van der Waals surface area contributed by atoms with Crippen LogP contribution in [0.25, 0.3) is 0 Å². The quantitative estimate of drug-likeness (QED) is 0.645. The summed E-state index contributed by atoms with van der Waals surface area (Å²) in [7, 11) is 0. The molecule has 5 nitrogen and oxygen atoms in total. The first-order chi connectivity index (χ1) is 9.22. The number of pyridine rings is 1. The van der Waals surface area contributed by atoms with Crippen LogP contribution in [0, 0.1) is 0 Å². The first-order valence-corrected chi connectivity index (χ1v) is 6.00. The molecule has 0 radical (unpaired) electrons.